The molecular formula is C28H29N3O4. The molecule has 1 aliphatic heterocycles. The number of carbonyl (C=O) groups excluding carboxylic acids is 1. The molecule has 1 atom stereocenters. The molecule has 0 N–H and O–H groups in total. The molecule has 5 rings (SSSR count). The Balaban J connectivity index is 1.55. The SMILES string of the molecule is Cc1cccc(Oc2c(CN(CC3CCCO3)C(=O)c3ccco3)c(-c3ccccc3)nn2C)c1. The molecule has 1 unspecified atom stereocenters. The number of carbonyl (C=O) groups is 1. The first-order valence-electron chi connectivity index (χ1n) is 11.9. The summed E-state index contributed by atoms with van der Waals surface area (Å²) in [4.78, 5) is 15.3. The van der Waals surface area contributed by atoms with E-state index in [9.17, 15) is 4.79 Å². The van der Waals surface area contributed by atoms with Crippen molar-refractivity contribution in [2.45, 2.75) is 32.4 Å². The van der Waals surface area contributed by atoms with Crippen LogP contribution in [0.1, 0.15) is 34.5 Å². The molecule has 4 aromatic rings. The molecule has 7 heteroatoms. The molecule has 0 saturated carbocycles. The van der Waals surface area contributed by atoms with Gasteiger partial charge in [0.2, 0.25) is 5.88 Å². The summed E-state index contributed by atoms with van der Waals surface area (Å²) in [5.74, 6) is 1.43. The van der Waals surface area contributed by atoms with E-state index in [0.717, 1.165) is 47.6 Å². The van der Waals surface area contributed by atoms with E-state index in [-0.39, 0.29) is 12.0 Å². The topological polar surface area (TPSA) is 69.7 Å². The van der Waals surface area contributed by atoms with Gasteiger partial charge < -0.3 is 18.8 Å². The molecular weight excluding hydrogens is 442 g/mol. The first-order valence-corrected chi connectivity index (χ1v) is 11.9. The van der Waals surface area contributed by atoms with E-state index in [4.69, 9.17) is 19.0 Å². The quantitative estimate of drug-likeness (QED) is 0.334. The molecule has 1 fully saturated rings. The third kappa shape index (κ3) is 5.15. The lowest BCUT2D eigenvalue weighted by Crippen LogP contribution is -2.37. The van der Waals surface area contributed by atoms with Crippen LogP contribution in [-0.2, 0) is 18.3 Å². The zero-order valence-electron chi connectivity index (χ0n) is 20.0. The lowest BCUT2D eigenvalue weighted by Gasteiger charge is -2.25. The number of furan rings is 1. The molecule has 0 radical (unpaired) electrons. The van der Waals surface area contributed by atoms with Crippen molar-refractivity contribution >= 4 is 5.91 Å². The summed E-state index contributed by atoms with van der Waals surface area (Å²) in [5, 5.41) is 4.81. The second kappa shape index (κ2) is 10.2. The summed E-state index contributed by atoms with van der Waals surface area (Å²) < 4.78 is 19.4. The minimum atomic E-state index is -0.185. The Bertz CT molecular complexity index is 1280. The van der Waals surface area contributed by atoms with Gasteiger partial charge in [-0.05, 0) is 49.6 Å². The summed E-state index contributed by atoms with van der Waals surface area (Å²) in [5.41, 5.74) is 3.67. The standard InChI is InChI=1S/C28H29N3O4/c1-20-9-6-12-22(17-20)35-28-24(26(29-30(28)2)21-10-4-3-5-11-21)19-31(18-23-13-7-15-33-23)27(32)25-14-8-16-34-25/h3-6,8-12,14,16-17,23H,7,13,15,18-19H2,1-2H3. The smallest absolute Gasteiger partial charge is 0.289 e. The summed E-state index contributed by atoms with van der Waals surface area (Å²) >= 11 is 0. The van der Waals surface area contributed by atoms with E-state index in [1.54, 1.807) is 21.7 Å². The number of aryl methyl sites for hydroxylation is 2. The molecule has 2 aromatic carbocycles. The third-order valence-corrected chi connectivity index (χ3v) is 6.16. The van der Waals surface area contributed by atoms with Gasteiger partial charge in [0.1, 0.15) is 11.4 Å². The maximum absolute atomic E-state index is 13.5. The summed E-state index contributed by atoms with van der Waals surface area (Å²) in [7, 11) is 1.86. The number of aromatic nitrogens is 2. The van der Waals surface area contributed by atoms with Crippen LogP contribution in [0.4, 0.5) is 0 Å². The Morgan fingerprint density at radius 2 is 2.00 bits per heavy atom. The maximum atomic E-state index is 13.5. The van der Waals surface area contributed by atoms with E-state index in [1.807, 2.05) is 68.6 Å². The van der Waals surface area contributed by atoms with E-state index in [2.05, 4.69) is 0 Å². The van der Waals surface area contributed by atoms with Crippen molar-refractivity contribution < 1.29 is 18.7 Å². The highest BCUT2D eigenvalue weighted by Gasteiger charge is 2.29. The van der Waals surface area contributed by atoms with Crippen molar-refractivity contribution in [3.05, 3.63) is 89.9 Å². The zero-order valence-corrected chi connectivity index (χ0v) is 20.0. The van der Waals surface area contributed by atoms with Gasteiger partial charge in [-0.1, -0.05) is 42.5 Å². The summed E-state index contributed by atoms with van der Waals surface area (Å²) in [6.45, 7) is 3.51. The Morgan fingerprint density at radius 1 is 1.14 bits per heavy atom. The first kappa shape index (κ1) is 22.9. The van der Waals surface area contributed by atoms with Crippen LogP contribution in [0.3, 0.4) is 0 Å². The summed E-state index contributed by atoms with van der Waals surface area (Å²) in [6.07, 6.45) is 3.43. The molecule has 1 saturated heterocycles. The molecule has 0 spiro atoms. The molecule has 1 aliphatic rings. The van der Waals surface area contributed by atoms with Crippen LogP contribution in [0.25, 0.3) is 11.3 Å². The molecule has 2 aromatic heterocycles. The molecule has 35 heavy (non-hydrogen) atoms. The minimum absolute atomic E-state index is 0.00750. The Hall–Kier alpha value is -3.84. The van der Waals surface area contributed by atoms with Crippen LogP contribution in [0.15, 0.2) is 77.4 Å². The van der Waals surface area contributed by atoms with Crippen molar-refractivity contribution in [3.63, 3.8) is 0 Å². The number of hydrogen-bond donors (Lipinski definition) is 0. The monoisotopic (exact) mass is 471 g/mol. The second-order valence-corrected chi connectivity index (χ2v) is 8.84. The van der Waals surface area contributed by atoms with Gasteiger partial charge in [0.15, 0.2) is 5.76 Å². The minimum Gasteiger partial charge on any atom is -0.459 e. The van der Waals surface area contributed by atoms with Crippen LogP contribution in [0.2, 0.25) is 0 Å². The van der Waals surface area contributed by atoms with E-state index < -0.39 is 0 Å². The average molecular weight is 472 g/mol. The number of rotatable bonds is 8. The zero-order chi connectivity index (χ0) is 24.2. The molecule has 7 nitrogen and oxygen atoms in total. The van der Waals surface area contributed by atoms with Gasteiger partial charge in [0.05, 0.1) is 24.5 Å². The van der Waals surface area contributed by atoms with Crippen LogP contribution >= 0.6 is 0 Å². The largest absolute Gasteiger partial charge is 0.459 e. The molecule has 3 heterocycles. The van der Waals surface area contributed by atoms with Gasteiger partial charge in [-0.2, -0.15) is 5.10 Å². The fourth-order valence-corrected chi connectivity index (χ4v) is 4.44. The van der Waals surface area contributed by atoms with Crippen LogP contribution in [-0.4, -0.2) is 39.8 Å². The predicted octanol–water partition coefficient (Wildman–Crippen LogP) is 5.60. The Morgan fingerprint density at radius 3 is 2.71 bits per heavy atom. The van der Waals surface area contributed by atoms with E-state index in [1.165, 1.54) is 6.26 Å². The third-order valence-electron chi connectivity index (χ3n) is 6.16. The normalized spacial score (nSPS) is 15.3. The van der Waals surface area contributed by atoms with Crippen molar-refractivity contribution in [1.82, 2.24) is 14.7 Å². The van der Waals surface area contributed by atoms with Crippen LogP contribution < -0.4 is 4.74 Å². The number of hydrogen-bond acceptors (Lipinski definition) is 5. The summed E-state index contributed by atoms with van der Waals surface area (Å²) in [6, 6.07) is 21.3. The van der Waals surface area contributed by atoms with Gasteiger partial charge in [-0.25, -0.2) is 4.68 Å². The van der Waals surface area contributed by atoms with Gasteiger partial charge in [0.25, 0.3) is 5.91 Å². The molecule has 0 bridgehead atoms. The maximum Gasteiger partial charge on any atom is 0.289 e. The fraction of sp³-hybridized carbons (Fsp3) is 0.286. The van der Waals surface area contributed by atoms with Crippen LogP contribution in [0.5, 0.6) is 11.6 Å². The second-order valence-electron chi connectivity index (χ2n) is 8.84. The van der Waals surface area contributed by atoms with Gasteiger partial charge in [-0.3, -0.25) is 4.79 Å². The van der Waals surface area contributed by atoms with E-state index in [0.29, 0.717) is 24.7 Å². The Labute approximate surface area is 204 Å². The van der Waals surface area contributed by atoms with Crippen molar-refractivity contribution in [3.8, 4) is 22.9 Å². The molecule has 0 aliphatic carbocycles. The van der Waals surface area contributed by atoms with Crippen LogP contribution in [0, 0.1) is 6.92 Å². The highest BCUT2D eigenvalue weighted by Crippen LogP contribution is 2.35. The Kier molecular flexibility index (Phi) is 6.68. The van der Waals surface area contributed by atoms with Crippen molar-refractivity contribution in [2.75, 3.05) is 13.2 Å². The van der Waals surface area contributed by atoms with Gasteiger partial charge in [0, 0.05) is 25.8 Å². The predicted molar refractivity (Wildman–Crippen MR) is 132 cm³/mol. The number of amides is 1. The fourth-order valence-electron chi connectivity index (χ4n) is 4.44. The van der Waals surface area contributed by atoms with Gasteiger partial charge in [-0.15, -0.1) is 0 Å². The lowest BCUT2D eigenvalue weighted by atomic mass is 10.1. The molecule has 180 valence electrons. The highest BCUT2D eigenvalue weighted by molar-refractivity contribution is 5.91. The van der Waals surface area contributed by atoms with Crippen molar-refractivity contribution in [1.29, 1.82) is 0 Å². The molecule has 1 amide bonds. The lowest BCUT2D eigenvalue weighted by molar-refractivity contribution is 0.0483. The van der Waals surface area contributed by atoms with E-state index >= 15 is 0 Å². The highest BCUT2D eigenvalue weighted by atomic mass is 16.5. The average Bonchev–Trinajstić information content (AvgIpc) is 3.63. The number of nitrogens with zero attached hydrogens (tertiary/aromatic N) is 3. The van der Waals surface area contributed by atoms with Gasteiger partial charge >= 0.3 is 0 Å². The van der Waals surface area contributed by atoms with Crippen molar-refractivity contribution in [2.24, 2.45) is 7.05 Å². The number of ether oxygens (including phenoxy) is 2. The first-order chi connectivity index (χ1) is 17.1. The number of benzene rings is 2.